The number of Topliss-reactive ketones (excluding diaryl/α,β-unsaturated/α-hetero) is 1. The minimum Gasteiger partial charge on any atom is -0.677 e. The summed E-state index contributed by atoms with van der Waals surface area (Å²) in [6, 6.07) is 0. The normalized spacial score (nSPS) is 11.3. The van der Waals surface area contributed by atoms with E-state index in [1.807, 2.05) is 0 Å². The van der Waals surface area contributed by atoms with Gasteiger partial charge in [-0.2, -0.15) is 8.42 Å². The summed E-state index contributed by atoms with van der Waals surface area (Å²) in [5.41, 5.74) is 6.86. The van der Waals surface area contributed by atoms with Gasteiger partial charge in [0.2, 0.25) is 0 Å². The zero-order chi connectivity index (χ0) is 18.8. The minimum absolute atomic E-state index is 0. The molecule has 7 heteroatoms. The largest absolute Gasteiger partial charge is 1.00 e. The number of rotatable bonds is 19. The van der Waals surface area contributed by atoms with E-state index in [0.29, 0.717) is 6.42 Å². The topological polar surface area (TPSA) is 84.2 Å². The second-order valence-electron chi connectivity index (χ2n) is 6.81. The molecular formula is C19H38NNaO4S. The van der Waals surface area contributed by atoms with Crippen LogP contribution in [0.5, 0.6) is 0 Å². The first-order valence-electron chi connectivity index (χ1n) is 10.0. The molecule has 0 radical (unpaired) electrons. The molecule has 0 fully saturated rings. The average molecular weight is 400 g/mol. The fraction of sp³-hybridized carbons (Fsp3) is 0.947. The molecule has 0 aromatic carbocycles. The number of carbonyl (C=O) groups excluding carboxylic acids is 1. The van der Waals surface area contributed by atoms with Crippen LogP contribution in [-0.4, -0.2) is 33.1 Å². The number of hydrogen-bond donors (Lipinski definition) is 0. The molecule has 150 valence electrons. The summed E-state index contributed by atoms with van der Waals surface area (Å²) in [7, 11) is -3.69. The van der Waals surface area contributed by atoms with Crippen molar-refractivity contribution in [2.24, 2.45) is 0 Å². The molecule has 0 spiro atoms. The molecular weight excluding hydrogens is 361 g/mol. The van der Waals surface area contributed by atoms with Gasteiger partial charge < -0.3 is 5.73 Å². The molecule has 0 saturated heterocycles. The van der Waals surface area contributed by atoms with Gasteiger partial charge in [-0.25, -0.2) is 0 Å². The van der Waals surface area contributed by atoms with Gasteiger partial charge >= 0.3 is 29.6 Å². The second kappa shape index (κ2) is 20.3. The van der Waals surface area contributed by atoms with Crippen LogP contribution in [0.4, 0.5) is 0 Å². The third kappa shape index (κ3) is 20.8. The van der Waals surface area contributed by atoms with Crippen LogP contribution in [0.1, 0.15) is 96.8 Å². The molecule has 5 nitrogen and oxygen atoms in total. The third-order valence-electron chi connectivity index (χ3n) is 4.31. The molecule has 0 saturated carbocycles. The summed E-state index contributed by atoms with van der Waals surface area (Å²) in [6.45, 7) is 1.63. The molecule has 0 amide bonds. The van der Waals surface area contributed by atoms with Crippen molar-refractivity contribution in [1.82, 2.24) is 0 Å². The molecule has 0 rings (SSSR count). The fourth-order valence-electron chi connectivity index (χ4n) is 2.75. The van der Waals surface area contributed by atoms with E-state index in [9.17, 15) is 13.2 Å². The second-order valence-corrected chi connectivity index (χ2v) is 8.56. The van der Waals surface area contributed by atoms with E-state index in [-0.39, 0.29) is 54.2 Å². The van der Waals surface area contributed by atoms with Gasteiger partial charge in [-0.1, -0.05) is 84.0 Å². The van der Waals surface area contributed by atoms with Crippen molar-refractivity contribution >= 4 is 15.9 Å². The summed E-state index contributed by atoms with van der Waals surface area (Å²) in [5.74, 6) is -0.518. The number of hydrogen-bond acceptors (Lipinski definition) is 4. The number of ketones is 1. The zero-order valence-electron chi connectivity index (χ0n) is 17.1. The van der Waals surface area contributed by atoms with Crippen LogP contribution >= 0.6 is 0 Å². The van der Waals surface area contributed by atoms with E-state index in [1.54, 1.807) is 0 Å². The summed E-state index contributed by atoms with van der Waals surface area (Å²) < 4.78 is 27.1. The molecule has 26 heavy (non-hydrogen) atoms. The van der Waals surface area contributed by atoms with Crippen LogP contribution < -0.4 is 29.6 Å². The Hall–Kier alpha value is 0.540. The monoisotopic (exact) mass is 399 g/mol. The van der Waals surface area contributed by atoms with Gasteiger partial charge in [0.05, 0.1) is 5.75 Å². The van der Waals surface area contributed by atoms with Crippen molar-refractivity contribution in [2.45, 2.75) is 96.8 Å². The maximum atomic E-state index is 11.6. The smallest absolute Gasteiger partial charge is 0.677 e. The van der Waals surface area contributed by atoms with E-state index in [2.05, 4.69) is 11.1 Å². The van der Waals surface area contributed by atoms with Crippen LogP contribution in [0.25, 0.3) is 5.73 Å². The molecule has 0 atom stereocenters. The first kappa shape index (κ1) is 28.7. The summed E-state index contributed by atoms with van der Waals surface area (Å²) in [5, 5.41) is 0. The maximum absolute atomic E-state index is 11.6. The van der Waals surface area contributed by atoms with E-state index in [0.717, 1.165) is 19.3 Å². The summed E-state index contributed by atoms with van der Waals surface area (Å²) >= 11 is 0. The van der Waals surface area contributed by atoms with Gasteiger partial charge in [0.25, 0.3) is 10.1 Å². The molecule has 0 heterocycles. The Morgan fingerprint density at radius 1 is 0.808 bits per heavy atom. The number of nitrogens with one attached hydrogen (secondary N) is 1. The number of carbonyl (C=O) groups is 1. The zero-order valence-corrected chi connectivity index (χ0v) is 19.9. The Bertz CT molecular complexity index is 416. The quantitative estimate of drug-likeness (QED) is 0.190. The Balaban J connectivity index is 0. The fourth-order valence-corrected chi connectivity index (χ4v) is 3.43. The molecule has 1 N–H and O–H groups in total. The van der Waals surface area contributed by atoms with Gasteiger partial charge in [-0.05, 0) is 6.42 Å². The first-order valence-corrected chi connectivity index (χ1v) is 11.6. The predicted molar refractivity (Wildman–Crippen MR) is 104 cm³/mol. The van der Waals surface area contributed by atoms with E-state index in [1.165, 1.54) is 64.2 Å². The Morgan fingerprint density at radius 3 is 1.65 bits per heavy atom. The standard InChI is InChI=1S/C19H38NO4S.Na/c1-2-3-4-5-6-7-8-9-10-11-12-13-14-15-19(21)18-24-25(22,23)17-16-20;/h20H,2-18H2,1H3;/q-1;+1. The van der Waals surface area contributed by atoms with E-state index < -0.39 is 10.1 Å². The van der Waals surface area contributed by atoms with Gasteiger partial charge in [-0.15, -0.1) is 6.54 Å². The van der Waals surface area contributed by atoms with Crippen LogP contribution in [0, 0.1) is 0 Å². The summed E-state index contributed by atoms with van der Waals surface area (Å²) in [6.07, 6.45) is 16.7. The van der Waals surface area contributed by atoms with Crippen molar-refractivity contribution in [3.63, 3.8) is 0 Å². The molecule has 0 bridgehead atoms. The number of unbranched alkanes of at least 4 members (excludes halogenated alkanes) is 12. The first-order chi connectivity index (χ1) is 12.0. The van der Waals surface area contributed by atoms with Crippen LogP contribution in [0.15, 0.2) is 0 Å². The van der Waals surface area contributed by atoms with Crippen LogP contribution in [0.3, 0.4) is 0 Å². The van der Waals surface area contributed by atoms with Crippen molar-refractivity contribution in [1.29, 1.82) is 0 Å². The molecule has 0 unspecified atom stereocenters. The predicted octanol–water partition coefficient (Wildman–Crippen LogP) is 2.44. The van der Waals surface area contributed by atoms with Gasteiger partial charge in [0.15, 0.2) is 5.78 Å². The Morgan fingerprint density at radius 2 is 1.23 bits per heavy atom. The van der Waals surface area contributed by atoms with Crippen molar-refractivity contribution in [3.05, 3.63) is 5.73 Å². The summed E-state index contributed by atoms with van der Waals surface area (Å²) in [4.78, 5) is 11.6. The minimum atomic E-state index is -3.69. The van der Waals surface area contributed by atoms with Crippen molar-refractivity contribution < 1.29 is 47.0 Å². The average Bonchev–Trinajstić information content (AvgIpc) is 2.57. The van der Waals surface area contributed by atoms with E-state index >= 15 is 0 Å². The van der Waals surface area contributed by atoms with Gasteiger partial charge in [0, 0.05) is 6.42 Å². The molecule has 0 aromatic heterocycles. The maximum Gasteiger partial charge on any atom is 1.00 e. The van der Waals surface area contributed by atoms with Gasteiger partial charge in [-0.3, -0.25) is 8.98 Å². The SMILES string of the molecule is CCCCCCCCCCCCCCCC(=O)COS(=O)(=O)CC[NH-].[Na+]. The Labute approximate surface area is 183 Å². The van der Waals surface area contributed by atoms with E-state index in [4.69, 9.17) is 5.73 Å². The van der Waals surface area contributed by atoms with Gasteiger partial charge in [0.1, 0.15) is 6.61 Å². The third-order valence-corrected chi connectivity index (χ3v) is 5.49. The van der Waals surface area contributed by atoms with Crippen molar-refractivity contribution in [3.8, 4) is 0 Å². The van der Waals surface area contributed by atoms with Crippen LogP contribution in [0.2, 0.25) is 0 Å². The molecule has 0 aliphatic heterocycles. The Kier molecular flexibility index (Phi) is 22.4. The molecule has 0 aliphatic rings. The van der Waals surface area contributed by atoms with Crippen molar-refractivity contribution in [2.75, 3.05) is 18.9 Å². The molecule has 0 aliphatic carbocycles. The molecule has 0 aromatic rings. The van der Waals surface area contributed by atoms with Crippen LogP contribution in [-0.2, 0) is 19.1 Å².